The molecule has 7 heteroatoms. The van der Waals surface area contributed by atoms with Gasteiger partial charge >= 0.3 is 0 Å². The van der Waals surface area contributed by atoms with Gasteiger partial charge in [-0.25, -0.2) is 4.68 Å². The zero-order valence-electron chi connectivity index (χ0n) is 14.6. The number of aromatic nitrogens is 2. The Bertz CT molecular complexity index is 684. The number of benzene rings is 1. The molecule has 1 aromatic heterocycles. The predicted octanol–water partition coefficient (Wildman–Crippen LogP) is 2.28. The summed E-state index contributed by atoms with van der Waals surface area (Å²) in [6, 6.07) is 9.72. The lowest BCUT2D eigenvalue weighted by Gasteiger charge is -2.26. The molecule has 1 aliphatic rings. The monoisotopic (exact) mass is 364 g/mol. The number of carbonyl (C=O) groups excluding carboxylic acids is 1. The first-order valence-electron chi connectivity index (χ1n) is 8.40. The van der Waals surface area contributed by atoms with Gasteiger partial charge in [0, 0.05) is 25.6 Å². The lowest BCUT2D eigenvalue weighted by atomic mass is 10.0. The summed E-state index contributed by atoms with van der Waals surface area (Å²) in [5, 5.41) is 10.6. The summed E-state index contributed by atoms with van der Waals surface area (Å²) in [6.45, 7) is 7.27. The first-order valence-corrected chi connectivity index (χ1v) is 8.40. The zero-order chi connectivity index (χ0) is 16.9. The van der Waals surface area contributed by atoms with Gasteiger partial charge in [-0.2, -0.15) is 5.10 Å². The number of ether oxygens (including phenoxy) is 1. The molecule has 0 radical (unpaired) electrons. The van der Waals surface area contributed by atoms with E-state index in [0.717, 1.165) is 18.8 Å². The Balaban J connectivity index is 0.00000225. The van der Waals surface area contributed by atoms with E-state index in [4.69, 9.17) is 4.74 Å². The molecule has 2 N–H and O–H groups in total. The summed E-state index contributed by atoms with van der Waals surface area (Å²) in [5.41, 5.74) is 1.24. The van der Waals surface area contributed by atoms with E-state index in [2.05, 4.69) is 29.6 Å². The fourth-order valence-corrected chi connectivity index (χ4v) is 2.40. The number of para-hydroxylation sites is 1. The van der Waals surface area contributed by atoms with Crippen LogP contribution in [0.25, 0.3) is 5.69 Å². The summed E-state index contributed by atoms with van der Waals surface area (Å²) >= 11 is 0. The minimum Gasteiger partial charge on any atom is -0.489 e. The van der Waals surface area contributed by atoms with Crippen molar-refractivity contribution in [1.29, 1.82) is 0 Å². The maximum Gasteiger partial charge on any atom is 0.275 e. The molecule has 0 atom stereocenters. The summed E-state index contributed by atoms with van der Waals surface area (Å²) in [6.07, 6.45) is 1.78. The third kappa shape index (κ3) is 4.96. The van der Waals surface area contributed by atoms with Crippen LogP contribution >= 0.6 is 12.4 Å². The normalized spacial score (nSPS) is 13.9. The van der Waals surface area contributed by atoms with E-state index in [1.54, 1.807) is 10.9 Å². The molecular weight excluding hydrogens is 340 g/mol. The van der Waals surface area contributed by atoms with E-state index in [1.165, 1.54) is 0 Å². The van der Waals surface area contributed by atoms with Crippen molar-refractivity contribution in [3.63, 3.8) is 0 Å². The Morgan fingerprint density at radius 1 is 1.36 bits per heavy atom. The van der Waals surface area contributed by atoms with Crippen molar-refractivity contribution in [2.75, 3.05) is 26.2 Å². The molecule has 136 valence electrons. The lowest BCUT2D eigenvalue weighted by molar-refractivity contribution is 0.0932. The van der Waals surface area contributed by atoms with Crippen LogP contribution in [0, 0.1) is 11.8 Å². The summed E-state index contributed by atoms with van der Waals surface area (Å²) in [7, 11) is 0. The molecule has 3 rings (SSSR count). The fourth-order valence-electron chi connectivity index (χ4n) is 2.40. The van der Waals surface area contributed by atoms with Crippen molar-refractivity contribution in [1.82, 2.24) is 20.4 Å². The van der Waals surface area contributed by atoms with Crippen LogP contribution in [-0.4, -0.2) is 41.9 Å². The highest BCUT2D eigenvalue weighted by Crippen LogP contribution is 2.21. The summed E-state index contributed by atoms with van der Waals surface area (Å²) in [5.74, 6) is 1.22. The van der Waals surface area contributed by atoms with E-state index >= 15 is 0 Å². The van der Waals surface area contributed by atoms with Crippen LogP contribution in [0.15, 0.2) is 36.5 Å². The van der Waals surface area contributed by atoms with Gasteiger partial charge < -0.3 is 15.4 Å². The molecule has 1 amide bonds. The van der Waals surface area contributed by atoms with Crippen molar-refractivity contribution in [3.8, 4) is 11.4 Å². The quantitative estimate of drug-likeness (QED) is 0.791. The molecule has 0 bridgehead atoms. The van der Waals surface area contributed by atoms with Gasteiger partial charge in [0.15, 0.2) is 11.4 Å². The average molecular weight is 365 g/mol. The standard InChI is InChI=1S/C18H24N4O2.ClH/c1-13(2)12-24-16-11-22(15-6-4-3-5-7-15)21-17(16)18(23)20-10-14-8-19-9-14;/h3-7,11,13-14,19H,8-10,12H2,1-2H3,(H,20,23);1H. The van der Waals surface area contributed by atoms with E-state index in [0.29, 0.717) is 36.4 Å². The van der Waals surface area contributed by atoms with Gasteiger partial charge in [-0.05, 0) is 18.1 Å². The predicted molar refractivity (Wildman–Crippen MR) is 99.8 cm³/mol. The molecule has 25 heavy (non-hydrogen) atoms. The Hall–Kier alpha value is -2.05. The first-order chi connectivity index (χ1) is 11.6. The maximum absolute atomic E-state index is 12.5. The van der Waals surface area contributed by atoms with Gasteiger partial charge in [0.1, 0.15) is 0 Å². The Kier molecular flexibility index (Phi) is 6.84. The summed E-state index contributed by atoms with van der Waals surface area (Å²) < 4.78 is 7.50. The number of amides is 1. The minimum atomic E-state index is -0.185. The molecule has 6 nitrogen and oxygen atoms in total. The van der Waals surface area contributed by atoms with Crippen molar-refractivity contribution in [3.05, 3.63) is 42.2 Å². The second-order valence-corrected chi connectivity index (χ2v) is 6.56. The fraction of sp³-hybridized carbons (Fsp3) is 0.444. The van der Waals surface area contributed by atoms with Crippen LogP contribution in [0.5, 0.6) is 5.75 Å². The highest BCUT2D eigenvalue weighted by molar-refractivity contribution is 5.95. The highest BCUT2D eigenvalue weighted by atomic mass is 35.5. The van der Waals surface area contributed by atoms with Crippen molar-refractivity contribution in [2.24, 2.45) is 11.8 Å². The minimum absolute atomic E-state index is 0. The smallest absolute Gasteiger partial charge is 0.275 e. The van der Waals surface area contributed by atoms with E-state index in [-0.39, 0.29) is 18.3 Å². The third-order valence-electron chi connectivity index (χ3n) is 3.91. The molecule has 1 aliphatic heterocycles. The Morgan fingerprint density at radius 2 is 2.08 bits per heavy atom. The molecule has 1 fully saturated rings. The lowest BCUT2D eigenvalue weighted by Crippen LogP contribution is -2.48. The van der Waals surface area contributed by atoms with Crippen LogP contribution in [0.1, 0.15) is 24.3 Å². The topological polar surface area (TPSA) is 68.2 Å². The van der Waals surface area contributed by atoms with E-state index < -0.39 is 0 Å². The van der Waals surface area contributed by atoms with Gasteiger partial charge in [0.25, 0.3) is 5.91 Å². The molecular formula is C18H25ClN4O2. The molecule has 0 unspecified atom stereocenters. The third-order valence-corrected chi connectivity index (χ3v) is 3.91. The van der Waals surface area contributed by atoms with Crippen molar-refractivity contribution in [2.45, 2.75) is 13.8 Å². The largest absolute Gasteiger partial charge is 0.489 e. The number of rotatable bonds is 7. The molecule has 2 heterocycles. The number of carbonyl (C=O) groups is 1. The van der Waals surface area contributed by atoms with E-state index in [9.17, 15) is 4.79 Å². The van der Waals surface area contributed by atoms with E-state index in [1.807, 2.05) is 30.3 Å². The highest BCUT2D eigenvalue weighted by Gasteiger charge is 2.22. The van der Waals surface area contributed by atoms with Crippen LogP contribution in [-0.2, 0) is 0 Å². The second kappa shape index (κ2) is 8.87. The molecule has 1 saturated heterocycles. The average Bonchev–Trinajstić information content (AvgIpc) is 2.96. The molecule has 0 aliphatic carbocycles. The number of nitrogens with one attached hydrogen (secondary N) is 2. The maximum atomic E-state index is 12.5. The number of hydrogen-bond acceptors (Lipinski definition) is 4. The Labute approximate surface area is 154 Å². The van der Waals surface area contributed by atoms with Crippen LogP contribution in [0.3, 0.4) is 0 Å². The summed E-state index contributed by atoms with van der Waals surface area (Å²) in [4.78, 5) is 12.5. The molecule has 0 saturated carbocycles. The number of halogens is 1. The molecule has 1 aromatic carbocycles. The first kappa shape index (κ1) is 19.3. The van der Waals surface area contributed by atoms with Gasteiger partial charge in [0.2, 0.25) is 0 Å². The van der Waals surface area contributed by atoms with Crippen molar-refractivity contribution >= 4 is 18.3 Å². The van der Waals surface area contributed by atoms with Crippen LogP contribution < -0.4 is 15.4 Å². The van der Waals surface area contributed by atoms with Gasteiger partial charge in [0.05, 0.1) is 18.5 Å². The Morgan fingerprint density at radius 3 is 2.68 bits per heavy atom. The van der Waals surface area contributed by atoms with Crippen LogP contribution in [0.2, 0.25) is 0 Å². The number of nitrogens with zero attached hydrogens (tertiary/aromatic N) is 2. The van der Waals surface area contributed by atoms with Crippen molar-refractivity contribution < 1.29 is 9.53 Å². The van der Waals surface area contributed by atoms with Crippen LogP contribution in [0.4, 0.5) is 0 Å². The van der Waals surface area contributed by atoms with Gasteiger partial charge in [-0.15, -0.1) is 12.4 Å². The molecule has 0 spiro atoms. The number of hydrogen-bond donors (Lipinski definition) is 2. The van der Waals surface area contributed by atoms with Gasteiger partial charge in [-0.1, -0.05) is 32.0 Å². The van der Waals surface area contributed by atoms with Gasteiger partial charge in [-0.3, -0.25) is 4.79 Å². The molecule has 2 aromatic rings. The second-order valence-electron chi connectivity index (χ2n) is 6.56. The SMILES string of the molecule is CC(C)COc1cn(-c2ccccc2)nc1C(=O)NCC1CNC1.Cl. The zero-order valence-corrected chi connectivity index (χ0v) is 15.4.